The molecule has 0 saturated heterocycles. The second-order valence-corrected chi connectivity index (χ2v) is 7.55. The van der Waals surface area contributed by atoms with Crippen molar-refractivity contribution >= 4 is 41.7 Å². The van der Waals surface area contributed by atoms with Gasteiger partial charge < -0.3 is 10.3 Å². The van der Waals surface area contributed by atoms with Crippen LogP contribution in [-0.4, -0.2) is 57.1 Å². The van der Waals surface area contributed by atoms with Crippen molar-refractivity contribution in [2.45, 2.75) is 53.0 Å². The van der Waals surface area contributed by atoms with Crippen LogP contribution in [0.25, 0.3) is 11.1 Å². The topological polar surface area (TPSA) is 63.4 Å². The Morgan fingerprint density at radius 1 is 1.24 bits per heavy atom. The fourth-order valence-corrected chi connectivity index (χ4v) is 2.65. The Labute approximate surface area is 171 Å². The second-order valence-electron chi connectivity index (χ2n) is 7.55. The van der Waals surface area contributed by atoms with Gasteiger partial charge in [0.25, 0.3) is 0 Å². The third-order valence-electron chi connectivity index (χ3n) is 4.20. The van der Waals surface area contributed by atoms with E-state index in [1.54, 1.807) is 6.07 Å². The average Bonchev–Trinajstić information content (AvgIpc) is 2.70. The first-order valence-electron chi connectivity index (χ1n) is 8.14. The molecule has 25 heavy (non-hydrogen) atoms. The van der Waals surface area contributed by atoms with Crippen molar-refractivity contribution < 1.29 is 14.6 Å². The largest absolute Gasteiger partial charge is 0.623 e. The van der Waals surface area contributed by atoms with Gasteiger partial charge in [0.05, 0.1) is 5.56 Å². The Balaban J connectivity index is 0.00000312. The molecule has 0 aromatic heterocycles. The van der Waals surface area contributed by atoms with Crippen LogP contribution in [0, 0.1) is 12.1 Å². The molecule has 0 aromatic rings. The maximum Gasteiger partial charge on any atom is 0.336 e. The van der Waals surface area contributed by atoms with Crippen molar-refractivity contribution in [2.75, 3.05) is 0 Å². The van der Waals surface area contributed by atoms with Crippen molar-refractivity contribution in [1.29, 1.82) is 0 Å². The van der Waals surface area contributed by atoms with Gasteiger partial charge in [0.1, 0.15) is 0 Å². The van der Waals surface area contributed by atoms with Crippen LogP contribution >= 0.6 is 0 Å². The molecule has 0 aromatic carbocycles. The number of carboxylic acid groups (broad SMARTS) is 1. The summed E-state index contributed by atoms with van der Waals surface area (Å²) in [5.41, 5.74) is 3.81. The first-order chi connectivity index (χ1) is 11.0. The fraction of sp³-hybridized carbons (Fsp3) is 0.400. The average molecular weight is 350 g/mol. The SMILES string of the molecule is Cc1ccc(C(C)C)cc2c(/C=[N+](/[O-])C(C)(C)C)cc(C(=O)O)c1-2.[Na]. The number of hydroxylamine groups is 1. The number of aromatic carboxylic acids is 1. The molecular formula is C20H25NNaO3. The van der Waals surface area contributed by atoms with E-state index in [1.807, 2.05) is 45.9 Å². The summed E-state index contributed by atoms with van der Waals surface area (Å²) >= 11 is 0. The van der Waals surface area contributed by atoms with Gasteiger partial charge in [0, 0.05) is 55.9 Å². The first-order valence-corrected chi connectivity index (χ1v) is 8.14. The molecule has 0 heterocycles. The van der Waals surface area contributed by atoms with Crippen LogP contribution < -0.4 is 0 Å². The standard InChI is InChI=1S/C20H25NO3.Na/c1-12(2)14-8-7-13(3)18-16(9-14)15(10-17(18)19(22)23)11-21(24)20(4,5)6;/h7-12H,1-6H3,(H,22,23);/b21-11+;. The molecule has 5 heteroatoms. The molecule has 4 nitrogen and oxygen atoms in total. The van der Waals surface area contributed by atoms with E-state index in [9.17, 15) is 15.1 Å². The van der Waals surface area contributed by atoms with Gasteiger partial charge >= 0.3 is 5.97 Å². The smallest absolute Gasteiger partial charge is 0.336 e. The van der Waals surface area contributed by atoms with Crippen LogP contribution in [0.5, 0.6) is 0 Å². The van der Waals surface area contributed by atoms with E-state index >= 15 is 0 Å². The number of hydrogen-bond donors (Lipinski definition) is 1. The predicted octanol–water partition coefficient (Wildman–Crippen LogP) is 4.27. The van der Waals surface area contributed by atoms with Crippen molar-refractivity contribution in [3.8, 4) is 11.1 Å². The minimum Gasteiger partial charge on any atom is -0.623 e. The summed E-state index contributed by atoms with van der Waals surface area (Å²) in [6, 6.07) is 7.57. The third-order valence-corrected chi connectivity index (χ3v) is 4.20. The zero-order valence-corrected chi connectivity index (χ0v) is 18.2. The Morgan fingerprint density at radius 2 is 1.84 bits per heavy atom. The van der Waals surface area contributed by atoms with Crippen LogP contribution in [0.4, 0.5) is 0 Å². The molecular weight excluding hydrogens is 325 g/mol. The van der Waals surface area contributed by atoms with Crippen LogP contribution in [0.3, 0.4) is 0 Å². The Hall–Kier alpha value is -1.36. The Morgan fingerprint density at radius 3 is 2.32 bits per heavy atom. The molecule has 1 radical (unpaired) electrons. The zero-order chi connectivity index (χ0) is 18.2. The van der Waals surface area contributed by atoms with Crippen molar-refractivity contribution in [2.24, 2.45) is 0 Å². The molecule has 2 rings (SSSR count). The normalized spacial score (nSPS) is 12.4. The number of aryl methyl sites for hydroxylation is 1. The van der Waals surface area contributed by atoms with E-state index in [-0.39, 0.29) is 35.1 Å². The van der Waals surface area contributed by atoms with E-state index < -0.39 is 11.5 Å². The number of carbonyl (C=O) groups is 1. The summed E-state index contributed by atoms with van der Waals surface area (Å²) < 4.78 is 0.880. The minimum atomic E-state index is -0.978. The van der Waals surface area contributed by atoms with Gasteiger partial charge in [-0.25, -0.2) is 9.53 Å². The summed E-state index contributed by atoms with van der Waals surface area (Å²) in [6.45, 7) is 11.6. The van der Waals surface area contributed by atoms with E-state index in [0.29, 0.717) is 17.0 Å². The maximum atomic E-state index is 12.4. The zero-order valence-electron chi connectivity index (χ0n) is 16.2. The van der Waals surface area contributed by atoms with Gasteiger partial charge in [-0.05, 0) is 41.2 Å². The predicted molar refractivity (Wildman–Crippen MR) is 103 cm³/mol. The summed E-state index contributed by atoms with van der Waals surface area (Å²) in [4.78, 5) is 11.7. The molecule has 0 aliphatic heterocycles. The molecule has 0 unspecified atom stereocenters. The molecule has 0 atom stereocenters. The van der Waals surface area contributed by atoms with E-state index in [2.05, 4.69) is 13.8 Å². The molecule has 0 saturated carbocycles. The number of carboxylic acids is 1. The maximum absolute atomic E-state index is 12.4. The van der Waals surface area contributed by atoms with Gasteiger partial charge in [-0.1, -0.05) is 32.0 Å². The first kappa shape index (κ1) is 21.7. The van der Waals surface area contributed by atoms with Crippen molar-refractivity contribution in [1.82, 2.24) is 0 Å². The van der Waals surface area contributed by atoms with Crippen LogP contribution in [0.15, 0.2) is 24.3 Å². The number of hydrogen-bond acceptors (Lipinski definition) is 2. The Kier molecular flexibility index (Phi) is 6.85. The van der Waals surface area contributed by atoms with Gasteiger partial charge in [0.2, 0.25) is 0 Å². The molecule has 2 aliphatic rings. The van der Waals surface area contributed by atoms with Gasteiger partial charge in [-0.3, -0.25) is 0 Å². The summed E-state index contributed by atoms with van der Waals surface area (Å²) in [7, 11) is 0. The summed E-state index contributed by atoms with van der Waals surface area (Å²) in [6.07, 6.45) is 1.50. The molecule has 129 valence electrons. The van der Waals surface area contributed by atoms with Crippen LogP contribution in [0.1, 0.15) is 67.6 Å². The second kappa shape index (κ2) is 7.90. The van der Waals surface area contributed by atoms with Crippen LogP contribution in [-0.2, 0) is 0 Å². The summed E-state index contributed by atoms with van der Waals surface area (Å²) in [5.74, 6) is -0.671. The van der Waals surface area contributed by atoms with Crippen LogP contribution in [0.2, 0.25) is 0 Å². The van der Waals surface area contributed by atoms with E-state index in [4.69, 9.17) is 0 Å². The fourth-order valence-electron chi connectivity index (χ4n) is 2.65. The molecule has 1 N–H and O–H groups in total. The number of nitrogens with zero attached hydrogens (tertiary/aromatic N) is 1. The van der Waals surface area contributed by atoms with E-state index in [0.717, 1.165) is 21.4 Å². The molecule has 0 amide bonds. The van der Waals surface area contributed by atoms with Gasteiger partial charge in [-0.2, -0.15) is 0 Å². The van der Waals surface area contributed by atoms with Gasteiger partial charge in [-0.15, -0.1) is 0 Å². The quantitative estimate of drug-likeness (QED) is 0.296. The molecule has 0 fully saturated rings. The summed E-state index contributed by atoms with van der Waals surface area (Å²) in [5, 5.41) is 21.9. The Bertz CT molecular complexity index is 788. The third kappa shape index (κ3) is 4.63. The monoisotopic (exact) mass is 350 g/mol. The van der Waals surface area contributed by atoms with Crippen molar-refractivity contribution in [3.63, 3.8) is 0 Å². The molecule has 0 bridgehead atoms. The van der Waals surface area contributed by atoms with Crippen molar-refractivity contribution in [3.05, 3.63) is 51.7 Å². The van der Waals surface area contributed by atoms with E-state index in [1.165, 1.54) is 6.21 Å². The molecule has 0 spiro atoms. The molecule has 2 aliphatic carbocycles. The number of fused-ring (bicyclic) bond motifs is 1. The van der Waals surface area contributed by atoms with Gasteiger partial charge in [0.15, 0.2) is 11.8 Å². The minimum absolute atomic E-state index is 0. The number of rotatable bonds is 3.